The Labute approximate surface area is 84.7 Å². The third kappa shape index (κ3) is 83.9. The summed E-state index contributed by atoms with van der Waals surface area (Å²) in [5.41, 5.74) is 0. The second-order valence-corrected chi connectivity index (χ2v) is 5.19. The van der Waals surface area contributed by atoms with Crippen LogP contribution in [0.4, 0.5) is 25.2 Å². The normalized spacial score (nSPS) is 16.3. The summed E-state index contributed by atoms with van der Waals surface area (Å²) >= 11 is 3.42. The van der Waals surface area contributed by atoms with E-state index in [0.29, 0.717) is 0 Å². The maximum absolute atomic E-state index is 10.7. The molecule has 0 unspecified atom stereocenters. The standard InChI is InChI=1S/C6H14S.F6P/c1-2-3-4-5-6-7;1-7(2,3,4,5)6/h7H,2-6H2,1H3;/q;-1/p+1. The molecule has 0 aliphatic rings. The Morgan fingerprint density at radius 2 is 1.21 bits per heavy atom. The van der Waals surface area contributed by atoms with Gasteiger partial charge in [-0.05, 0) is 25.5 Å². The molecule has 0 saturated carbocycles. The zero-order valence-electron chi connectivity index (χ0n) is 7.75. The summed E-state index contributed by atoms with van der Waals surface area (Å²) in [7, 11) is -10.7. The minimum atomic E-state index is -10.7. The van der Waals surface area contributed by atoms with E-state index in [2.05, 4.69) is 19.6 Å². The number of rotatable bonds is 4. The van der Waals surface area contributed by atoms with Crippen molar-refractivity contribution in [3.63, 3.8) is 0 Å². The molecule has 0 saturated heterocycles. The Morgan fingerprint density at radius 3 is 1.43 bits per heavy atom. The molecule has 0 fully saturated rings. The van der Waals surface area contributed by atoms with Crippen LogP contribution in [0.5, 0.6) is 0 Å². The van der Waals surface area contributed by atoms with Gasteiger partial charge in [-0.2, -0.15) is 0 Å². The molecule has 0 spiro atoms. The van der Waals surface area contributed by atoms with Crippen LogP contribution in [0.2, 0.25) is 0 Å². The summed E-state index contributed by atoms with van der Waals surface area (Å²) in [6, 6.07) is 0. The number of halogens is 6. The zero-order valence-corrected chi connectivity index (χ0v) is 9.64. The van der Waals surface area contributed by atoms with Gasteiger partial charge in [-0.25, -0.2) is 0 Å². The van der Waals surface area contributed by atoms with Gasteiger partial charge in [-0.1, -0.05) is 19.8 Å². The Bertz CT molecular complexity index is 133. The summed E-state index contributed by atoms with van der Waals surface area (Å²) in [6.45, 7) is 2.23. The third-order valence-corrected chi connectivity index (χ3v) is 1.38. The average molecular weight is 264 g/mol. The summed E-state index contributed by atoms with van der Waals surface area (Å²) in [5, 5.41) is 0. The van der Waals surface area contributed by atoms with Crippen molar-refractivity contribution in [2.75, 3.05) is 5.75 Å². The van der Waals surface area contributed by atoms with Crippen molar-refractivity contribution in [3.05, 3.63) is 0 Å². The first-order chi connectivity index (χ1) is 5.86. The van der Waals surface area contributed by atoms with E-state index in [1.54, 1.807) is 0 Å². The molecular weight excluding hydrogens is 249 g/mol. The van der Waals surface area contributed by atoms with Crippen LogP contribution in [0, 0.1) is 0 Å². The second kappa shape index (κ2) is 4.92. The van der Waals surface area contributed by atoms with Gasteiger partial charge in [0.1, 0.15) is 5.75 Å². The van der Waals surface area contributed by atoms with Crippen LogP contribution in [0.3, 0.4) is 0 Å². The topological polar surface area (TPSA) is 0 Å². The molecule has 0 atom stereocenters. The van der Waals surface area contributed by atoms with Gasteiger partial charge in [0, 0.05) is 0 Å². The van der Waals surface area contributed by atoms with E-state index in [1.165, 1.54) is 31.4 Å². The average Bonchev–Trinajstić information content (AvgIpc) is 1.82. The van der Waals surface area contributed by atoms with E-state index in [4.69, 9.17) is 0 Å². The first-order valence-corrected chi connectivity index (χ1v) is 6.81. The van der Waals surface area contributed by atoms with Crippen molar-refractivity contribution in [1.29, 1.82) is 0 Å². The molecule has 14 heavy (non-hydrogen) atoms. The van der Waals surface area contributed by atoms with Crippen LogP contribution in [0.1, 0.15) is 32.6 Å². The molecule has 0 radical (unpaired) electrons. The fourth-order valence-corrected chi connectivity index (χ4v) is 0.802. The first-order valence-electron chi connectivity index (χ1n) is 4.07. The Hall–Kier alpha value is 0.360. The molecule has 0 heterocycles. The van der Waals surface area contributed by atoms with E-state index in [9.17, 15) is 25.2 Å². The van der Waals surface area contributed by atoms with Gasteiger partial charge in [-0.15, -0.1) is 0 Å². The van der Waals surface area contributed by atoms with E-state index in [-0.39, 0.29) is 0 Å². The minimum absolute atomic E-state index is 1.17. The van der Waals surface area contributed by atoms with Gasteiger partial charge >= 0.3 is 33.0 Å². The molecule has 0 rings (SSSR count). The van der Waals surface area contributed by atoms with E-state index >= 15 is 0 Å². The predicted octanol–water partition coefficient (Wildman–Crippen LogP) is 4.96. The predicted molar refractivity (Wildman–Crippen MR) is 52.7 cm³/mol. The molecule has 0 bridgehead atoms. The number of hydrogen-bond donors (Lipinski definition) is 0. The number of hydrogen-bond acceptors (Lipinski definition) is 0. The van der Waals surface area contributed by atoms with E-state index < -0.39 is 7.81 Å². The molecule has 0 N–H and O–H groups in total. The molecular formula is C6H15F6PS. The molecule has 0 nitrogen and oxygen atoms in total. The van der Waals surface area contributed by atoms with Gasteiger partial charge in [0.2, 0.25) is 0 Å². The zero-order chi connectivity index (χ0) is 11.9. The van der Waals surface area contributed by atoms with Crippen molar-refractivity contribution in [2.45, 2.75) is 32.6 Å². The molecule has 0 amide bonds. The Morgan fingerprint density at radius 1 is 0.857 bits per heavy atom. The van der Waals surface area contributed by atoms with Crippen molar-refractivity contribution >= 4 is 20.4 Å². The van der Waals surface area contributed by atoms with E-state index in [1.807, 2.05) is 0 Å². The number of unbranched alkanes of at least 4 members (excludes halogenated alkanes) is 3. The summed E-state index contributed by atoms with van der Waals surface area (Å²) < 4.78 is 59.2. The Kier molecular flexibility index (Phi) is 5.90. The molecule has 0 aliphatic carbocycles. The molecule has 0 aromatic carbocycles. The van der Waals surface area contributed by atoms with Crippen LogP contribution in [0.15, 0.2) is 0 Å². The second-order valence-electron chi connectivity index (χ2n) is 2.77. The summed E-state index contributed by atoms with van der Waals surface area (Å²) in [6.07, 6.45) is 5.46. The molecule has 92 valence electrons. The van der Waals surface area contributed by atoms with Crippen molar-refractivity contribution in [2.24, 2.45) is 0 Å². The van der Waals surface area contributed by atoms with Crippen LogP contribution in [-0.4, -0.2) is 5.75 Å². The Balaban J connectivity index is 0. The quantitative estimate of drug-likeness (QED) is 0.291. The first kappa shape index (κ1) is 16.8. The van der Waals surface area contributed by atoms with Crippen molar-refractivity contribution in [3.8, 4) is 0 Å². The van der Waals surface area contributed by atoms with Crippen LogP contribution >= 0.6 is 7.81 Å². The van der Waals surface area contributed by atoms with Gasteiger partial charge in [0.05, 0.1) is 0 Å². The van der Waals surface area contributed by atoms with Crippen LogP contribution in [-0.2, 0) is 12.6 Å². The molecule has 0 aliphatic heterocycles. The van der Waals surface area contributed by atoms with E-state index in [0.717, 1.165) is 0 Å². The van der Waals surface area contributed by atoms with Crippen LogP contribution in [0.25, 0.3) is 0 Å². The fourth-order valence-electron chi connectivity index (χ4n) is 0.552. The van der Waals surface area contributed by atoms with Crippen molar-refractivity contribution < 1.29 is 25.2 Å². The maximum atomic E-state index is 9.87. The summed E-state index contributed by atoms with van der Waals surface area (Å²) in [5.74, 6) is 1.17. The fraction of sp³-hybridized carbons (Fsp3) is 1.00. The molecule has 0 aromatic rings. The van der Waals surface area contributed by atoms with Gasteiger partial charge < -0.3 is 0 Å². The van der Waals surface area contributed by atoms with Gasteiger partial charge in [-0.3, -0.25) is 0 Å². The third-order valence-electron chi connectivity index (χ3n) is 1.03. The summed E-state index contributed by atoms with van der Waals surface area (Å²) in [4.78, 5) is 0. The van der Waals surface area contributed by atoms with Gasteiger partial charge in [0.25, 0.3) is 0 Å². The van der Waals surface area contributed by atoms with Crippen molar-refractivity contribution in [1.82, 2.24) is 0 Å². The van der Waals surface area contributed by atoms with Gasteiger partial charge in [0.15, 0.2) is 0 Å². The van der Waals surface area contributed by atoms with Crippen LogP contribution < -0.4 is 0 Å². The SMILES string of the molecule is CCCCCC[SH2+].F[P-](F)(F)(F)(F)F. The molecule has 8 heteroatoms. The molecule has 0 aromatic heterocycles. The monoisotopic (exact) mass is 264 g/mol.